The standard InChI is InChI=1S/C26H35NO2/c1-18(2)17-29-24-20(4)15-23(16-21(24)5)27-25(28)26(13-7-6-8-14-26)22-11-9-19(3)10-12-22/h9-12,15-16,18H,6-8,13-14,17H2,1-5H3,(H,27,28). The van der Waals surface area contributed by atoms with Gasteiger partial charge < -0.3 is 10.1 Å². The number of hydrogen-bond acceptors (Lipinski definition) is 2. The lowest BCUT2D eigenvalue weighted by atomic mass is 9.68. The first kappa shape index (κ1) is 21.4. The second-order valence-electron chi connectivity index (χ2n) is 9.11. The van der Waals surface area contributed by atoms with E-state index in [0.29, 0.717) is 12.5 Å². The number of hydrogen-bond donors (Lipinski definition) is 1. The molecule has 2 aromatic carbocycles. The summed E-state index contributed by atoms with van der Waals surface area (Å²) >= 11 is 0. The predicted molar refractivity (Wildman–Crippen MR) is 121 cm³/mol. The quantitative estimate of drug-likeness (QED) is 0.609. The maximum Gasteiger partial charge on any atom is 0.235 e. The zero-order valence-corrected chi connectivity index (χ0v) is 18.6. The highest BCUT2D eigenvalue weighted by Crippen LogP contribution is 2.41. The summed E-state index contributed by atoms with van der Waals surface area (Å²) in [6.07, 6.45) is 5.23. The highest BCUT2D eigenvalue weighted by molar-refractivity contribution is 5.99. The molecule has 3 nitrogen and oxygen atoms in total. The van der Waals surface area contributed by atoms with E-state index in [1.807, 2.05) is 12.1 Å². The molecule has 1 amide bonds. The molecule has 3 rings (SSSR count). The minimum Gasteiger partial charge on any atom is -0.493 e. The molecule has 0 aromatic heterocycles. The first-order chi connectivity index (χ1) is 13.8. The molecule has 3 heteroatoms. The Balaban J connectivity index is 1.85. The van der Waals surface area contributed by atoms with Crippen molar-refractivity contribution in [3.05, 3.63) is 58.7 Å². The number of rotatable bonds is 6. The van der Waals surface area contributed by atoms with E-state index in [1.54, 1.807) is 0 Å². The third kappa shape index (κ3) is 4.83. The molecule has 0 bridgehead atoms. The molecule has 0 heterocycles. The lowest BCUT2D eigenvalue weighted by Gasteiger charge is -2.36. The van der Waals surface area contributed by atoms with Gasteiger partial charge in [-0.15, -0.1) is 0 Å². The molecule has 0 aliphatic heterocycles. The second-order valence-corrected chi connectivity index (χ2v) is 9.11. The fourth-order valence-electron chi connectivity index (χ4n) is 4.43. The van der Waals surface area contributed by atoms with E-state index in [9.17, 15) is 4.79 Å². The second kappa shape index (κ2) is 9.02. The van der Waals surface area contributed by atoms with Crippen LogP contribution in [0.4, 0.5) is 5.69 Å². The summed E-state index contributed by atoms with van der Waals surface area (Å²) in [5, 5.41) is 3.24. The SMILES string of the molecule is Cc1ccc(C2(C(=O)Nc3cc(C)c(OCC(C)C)c(C)c3)CCCCC2)cc1. The van der Waals surface area contributed by atoms with E-state index >= 15 is 0 Å². The maximum absolute atomic E-state index is 13.6. The van der Waals surface area contributed by atoms with E-state index in [2.05, 4.69) is 64.2 Å². The van der Waals surface area contributed by atoms with E-state index in [1.165, 1.54) is 12.0 Å². The van der Waals surface area contributed by atoms with E-state index < -0.39 is 5.41 Å². The molecule has 1 fully saturated rings. The number of benzene rings is 2. The first-order valence-electron chi connectivity index (χ1n) is 10.9. The number of aryl methyl sites for hydroxylation is 3. The van der Waals surface area contributed by atoms with E-state index in [0.717, 1.165) is 53.8 Å². The lowest BCUT2D eigenvalue weighted by Crippen LogP contribution is -2.42. The van der Waals surface area contributed by atoms with Gasteiger partial charge in [0, 0.05) is 5.69 Å². The van der Waals surface area contributed by atoms with Crippen LogP contribution in [0.1, 0.15) is 68.2 Å². The predicted octanol–water partition coefficient (Wildman–Crippen LogP) is 6.49. The molecule has 0 radical (unpaired) electrons. The Bertz CT molecular complexity index is 823. The van der Waals surface area contributed by atoms with Crippen LogP contribution >= 0.6 is 0 Å². The molecule has 0 spiro atoms. The van der Waals surface area contributed by atoms with Crippen LogP contribution in [0, 0.1) is 26.7 Å². The summed E-state index contributed by atoms with van der Waals surface area (Å²) in [7, 11) is 0. The van der Waals surface area contributed by atoms with E-state index in [4.69, 9.17) is 4.74 Å². The monoisotopic (exact) mass is 393 g/mol. The summed E-state index contributed by atoms with van der Waals surface area (Å²) in [6.45, 7) is 11.2. The summed E-state index contributed by atoms with van der Waals surface area (Å²) in [5.41, 5.74) is 4.93. The van der Waals surface area contributed by atoms with Gasteiger partial charge in [0.2, 0.25) is 5.91 Å². The number of carbonyl (C=O) groups excluding carboxylic acids is 1. The van der Waals surface area contributed by atoms with Crippen LogP contribution < -0.4 is 10.1 Å². The maximum atomic E-state index is 13.6. The number of nitrogens with one attached hydrogen (secondary N) is 1. The fourth-order valence-corrected chi connectivity index (χ4v) is 4.43. The van der Waals surface area contributed by atoms with Crippen LogP contribution in [0.3, 0.4) is 0 Å². The Hall–Kier alpha value is -2.29. The van der Waals surface area contributed by atoms with Crippen molar-refractivity contribution in [3.63, 3.8) is 0 Å². The highest BCUT2D eigenvalue weighted by atomic mass is 16.5. The summed E-state index contributed by atoms with van der Waals surface area (Å²) < 4.78 is 5.99. The molecule has 29 heavy (non-hydrogen) atoms. The van der Waals surface area contributed by atoms with Crippen LogP contribution in [-0.2, 0) is 10.2 Å². The Kier molecular flexibility index (Phi) is 6.66. The summed E-state index contributed by atoms with van der Waals surface area (Å²) in [6, 6.07) is 12.6. The van der Waals surface area contributed by atoms with E-state index in [-0.39, 0.29) is 5.91 Å². The van der Waals surface area contributed by atoms with Gasteiger partial charge in [-0.1, -0.05) is 62.9 Å². The van der Waals surface area contributed by atoms with Crippen molar-refractivity contribution in [2.24, 2.45) is 5.92 Å². The molecule has 1 saturated carbocycles. The van der Waals surface area contributed by atoms with Crippen molar-refractivity contribution in [2.75, 3.05) is 11.9 Å². The smallest absolute Gasteiger partial charge is 0.235 e. The van der Waals surface area contributed by atoms with Crippen LogP contribution in [-0.4, -0.2) is 12.5 Å². The number of amides is 1. The Morgan fingerprint density at radius 2 is 1.59 bits per heavy atom. The first-order valence-corrected chi connectivity index (χ1v) is 10.9. The Morgan fingerprint density at radius 1 is 1.00 bits per heavy atom. The zero-order valence-electron chi connectivity index (χ0n) is 18.6. The normalized spacial score (nSPS) is 15.9. The van der Waals surface area contributed by atoms with Crippen molar-refractivity contribution in [1.82, 2.24) is 0 Å². The zero-order chi connectivity index (χ0) is 21.0. The summed E-state index contributed by atoms with van der Waals surface area (Å²) in [4.78, 5) is 13.6. The van der Waals surface area contributed by atoms with Gasteiger partial charge in [-0.3, -0.25) is 4.79 Å². The molecule has 0 unspecified atom stereocenters. The number of ether oxygens (including phenoxy) is 1. The third-order valence-electron chi connectivity index (χ3n) is 6.03. The number of carbonyl (C=O) groups is 1. The third-order valence-corrected chi connectivity index (χ3v) is 6.03. The number of anilines is 1. The topological polar surface area (TPSA) is 38.3 Å². The average molecular weight is 394 g/mol. The molecule has 0 saturated heterocycles. The molecule has 1 aliphatic carbocycles. The van der Waals surface area contributed by atoms with Crippen LogP contribution in [0.15, 0.2) is 36.4 Å². The molecular weight excluding hydrogens is 358 g/mol. The van der Waals surface area contributed by atoms with Crippen LogP contribution in [0.25, 0.3) is 0 Å². The van der Waals surface area contributed by atoms with Gasteiger partial charge in [0.15, 0.2) is 0 Å². The van der Waals surface area contributed by atoms with Crippen molar-refractivity contribution in [1.29, 1.82) is 0 Å². The van der Waals surface area contributed by atoms with Crippen molar-refractivity contribution < 1.29 is 9.53 Å². The molecular formula is C26H35NO2. The summed E-state index contributed by atoms with van der Waals surface area (Å²) in [5.74, 6) is 1.53. The molecule has 1 aliphatic rings. The molecule has 156 valence electrons. The largest absolute Gasteiger partial charge is 0.493 e. The molecule has 0 atom stereocenters. The highest BCUT2D eigenvalue weighted by Gasteiger charge is 2.41. The fraction of sp³-hybridized carbons (Fsp3) is 0.500. The van der Waals surface area contributed by atoms with Gasteiger partial charge in [0.1, 0.15) is 5.75 Å². The van der Waals surface area contributed by atoms with Gasteiger partial charge in [-0.25, -0.2) is 0 Å². The molecule has 1 N–H and O–H groups in total. The van der Waals surface area contributed by atoms with Gasteiger partial charge in [-0.05, 0) is 68.4 Å². The van der Waals surface area contributed by atoms with Gasteiger partial charge in [0.05, 0.1) is 12.0 Å². The molecule has 2 aromatic rings. The van der Waals surface area contributed by atoms with Crippen LogP contribution in [0.2, 0.25) is 0 Å². The average Bonchev–Trinajstić information content (AvgIpc) is 2.68. The Labute approximate surface area is 175 Å². The van der Waals surface area contributed by atoms with Crippen molar-refractivity contribution >= 4 is 11.6 Å². The minimum absolute atomic E-state index is 0.121. The lowest BCUT2D eigenvalue weighted by molar-refractivity contribution is -0.122. The van der Waals surface area contributed by atoms with Crippen molar-refractivity contribution in [3.8, 4) is 5.75 Å². The minimum atomic E-state index is -0.430. The van der Waals surface area contributed by atoms with Crippen LogP contribution in [0.5, 0.6) is 5.75 Å². The van der Waals surface area contributed by atoms with Gasteiger partial charge in [-0.2, -0.15) is 0 Å². The van der Waals surface area contributed by atoms with Gasteiger partial charge in [0.25, 0.3) is 0 Å². The van der Waals surface area contributed by atoms with Gasteiger partial charge >= 0.3 is 0 Å². The van der Waals surface area contributed by atoms with Crippen molar-refractivity contribution in [2.45, 2.75) is 72.1 Å². The Morgan fingerprint density at radius 3 is 2.14 bits per heavy atom.